The van der Waals surface area contributed by atoms with Gasteiger partial charge in [0.1, 0.15) is 5.82 Å². The topological polar surface area (TPSA) is 55.1 Å². The molecule has 0 heterocycles. The zero-order valence-electron chi connectivity index (χ0n) is 10.9. The van der Waals surface area contributed by atoms with Crippen molar-refractivity contribution in [3.8, 4) is 0 Å². The molecule has 1 amide bonds. The van der Waals surface area contributed by atoms with Gasteiger partial charge in [0, 0.05) is 16.7 Å². The normalized spacial score (nSPS) is 10.3. The Morgan fingerprint density at radius 3 is 2.80 bits per heavy atom. The molecule has 2 aromatic carbocycles. The maximum absolute atomic E-state index is 13.0. The molecule has 0 spiro atoms. The molecular formula is C15H14BrFN2O. The molecule has 0 fully saturated rings. The number of carbonyl (C=O) groups excluding carboxylic acids is 1. The lowest BCUT2D eigenvalue weighted by Gasteiger charge is -2.10. The number of hydrogen-bond acceptors (Lipinski definition) is 2. The van der Waals surface area contributed by atoms with Crippen molar-refractivity contribution in [2.45, 2.75) is 13.5 Å². The molecule has 0 aliphatic carbocycles. The highest BCUT2D eigenvalue weighted by molar-refractivity contribution is 9.10. The average Bonchev–Trinajstić information content (AvgIpc) is 2.40. The number of rotatable bonds is 3. The van der Waals surface area contributed by atoms with Crippen LogP contribution in [0.3, 0.4) is 0 Å². The number of amides is 1. The Balaban J connectivity index is 2.11. The first-order chi connectivity index (χ1) is 9.49. The van der Waals surface area contributed by atoms with Crippen molar-refractivity contribution in [2.75, 3.05) is 5.73 Å². The number of nitrogen functional groups attached to an aromatic ring is 1. The van der Waals surface area contributed by atoms with E-state index in [0.29, 0.717) is 22.3 Å². The molecule has 0 aromatic heterocycles. The molecule has 0 aliphatic rings. The fourth-order valence-electron chi connectivity index (χ4n) is 1.84. The van der Waals surface area contributed by atoms with Crippen LogP contribution in [0.15, 0.2) is 40.9 Å². The van der Waals surface area contributed by atoms with Crippen molar-refractivity contribution in [3.63, 3.8) is 0 Å². The summed E-state index contributed by atoms with van der Waals surface area (Å²) in [4.78, 5) is 12.1. The van der Waals surface area contributed by atoms with Crippen molar-refractivity contribution in [2.24, 2.45) is 0 Å². The zero-order valence-corrected chi connectivity index (χ0v) is 12.5. The minimum atomic E-state index is -0.389. The molecule has 104 valence electrons. The van der Waals surface area contributed by atoms with Gasteiger partial charge in [0.05, 0.1) is 5.56 Å². The first-order valence-corrected chi connectivity index (χ1v) is 6.85. The maximum atomic E-state index is 13.0. The second kappa shape index (κ2) is 6.05. The van der Waals surface area contributed by atoms with Gasteiger partial charge in [-0.25, -0.2) is 4.39 Å². The molecule has 0 unspecified atom stereocenters. The van der Waals surface area contributed by atoms with Gasteiger partial charge in [0.2, 0.25) is 0 Å². The van der Waals surface area contributed by atoms with Crippen LogP contribution in [-0.2, 0) is 6.54 Å². The summed E-state index contributed by atoms with van der Waals surface area (Å²) in [7, 11) is 0. The highest BCUT2D eigenvalue weighted by Crippen LogP contribution is 2.19. The van der Waals surface area contributed by atoms with Crippen LogP contribution in [-0.4, -0.2) is 5.91 Å². The Hall–Kier alpha value is -1.88. The molecule has 5 heteroatoms. The van der Waals surface area contributed by atoms with Gasteiger partial charge in [-0.2, -0.15) is 0 Å². The van der Waals surface area contributed by atoms with E-state index in [2.05, 4.69) is 21.2 Å². The monoisotopic (exact) mass is 336 g/mol. The van der Waals surface area contributed by atoms with E-state index in [0.717, 1.165) is 11.1 Å². The third-order valence-electron chi connectivity index (χ3n) is 3.10. The lowest BCUT2D eigenvalue weighted by atomic mass is 10.1. The summed E-state index contributed by atoms with van der Waals surface area (Å²) in [5.41, 5.74) is 8.81. The van der Waals surface area contributed by atoms with E-state index in [1.165, 1.54) is 18.2 Å². The Labute approximate surface area is 125 Å². The van der Waals surface area contributed by atoms with Crippen LogP contribution in [0.1, 0.15) is 21.5 Å². The second-order valence-corrected chi connectivity index (χ2v) is 5.29. The van der Waals surface area contributed by atoms with Crippen molar-refractivity contribution in [3.05, 3.63) is 63.4 Å². The van der Waals surface area contributed by atoms with Crippen molar-refractivity contribution in [1.29, 1.82) is 0 Å². The van der Waals surface area contributed by atoms with Crippen LogP contribution in [0.25, 0.3) is 0 Å². The van der Waals surface area contributed by atoms with E-state index >= 15 is 0 Å². The fourth-order valence-corrected chi connectivity index (χ4v) is 2.37. The SMILES string of the molecule is Cc1c(N)cccc1CNC(=O)c1ccc(F)cc1Br. The van der Waals surface area contributed by atoms with Gasteiger partial charge >= 0.3 is 0 Å². The van der Waals surface area contributed by atoms with Gasteiger partial charge in [-0.15, -0.1) is 0 Å². The summed E-state index contributed by atoms with van der Waals surface area (Å²) in [5.74, 6) is -0.654. The number of anilines is 1. The molecule has 0 saturated heterocycles. The number of benzene rings is 2. The number of nitrogens with one attached hydrogen (secondary N) is 1. The summed E-state index contributed by atoms with van der Waals surface area (Å²) >= 11 is 3.18. The molecule has 2 rings (SSSR count). The highest BCUT2D eigenvalue weighted by Gasteiger charge is 2.11. The summed E-state index contributed by atoms with van der Waals surface area (Å²) < 4.78 is 13.4. The van der Waals surface area contributed by atoms with Gasteiger partial charge < -0.3 is 11.1 Å². The van der Waals surface area contributed by atoms with E-state index in [1.54, 1.807) is 0 Å². The van der Waals surface area contributed by atoms with Gasteiger partial charge in [-0.05, 0) is 58.2 Å². The summed E-state index contributed by atoms with van der Waals surface area (Å²) in [6.45, 7) is 2.28. The molecule has 2 aromatic rings. The van der Waals surface area contributed by atoms with E-state index in [-0.39, 0.29) is 11.7 Å². The Bertz CT molecular complexity index is 658. The Morgan fingerprint density at radius 1 is 1.35 bits per heavy atom. The first kappa shape index (κ1) is 14.5. The van der Waals surface area contributed by atoms with Crippen LogP contribution in [0.5, 0.6) is 0 Å². The van der Waals surface area contributed by atoms with Crippen LogP contribution in [0.4, 0.5) is 10.1 Å². The zero-order chi connectivity index (χ0) is 14.7. The third-order valence-corrected chi connectivity index (χ3v) is 3.76. The second-order valence-electron chi connectivity index (χ2n) is 4.44. The van der Waals surface area contributed by atoms with Gasteiger partial charge in [0.25, 0.3) is 5.91 Å². The van der Waals surface area contributed by atoms with Gasteiger partial charge in [-0.1, -0.05) is 12.1 Å². The molecule has 0 saturated carbocycles. The molecule has 0 radical (unpaired) electrons. The third kappa shape index (κ3) is 3.17. The molecule has 3 nitrogen and oxygen atoms in total. The Morgan fingerprint density at radius 2 is 2.10 bits per heavy atom. The standard InChI is InChI=1S/C15H14BrFN2O/c1-9-10(3-2-4-14(9)18)8-19-15(20)12-6-5-11(17)7-13(12)16/h2-7H,8,18H2,1H3,(H,19,20). The fraction of sp³-hybridized carbons (Fsp3) is 0.133. The Kier molecular flexibility index (Phi) is 4.39. The molecule has 20 heavy (non-hydrogen) atoms. The molecule has 0 aliphatic heterocycles. The average molecular weight is 337 g/mol. The van der Waals surface area contributed by atoms with E-state index < -0.39 is 0 Å². The molecule has 3 N–H and O–H groups in total. The smallest absolute Gasteiger partial charge is 0.252 e. The van der Waals surface area contributed by atoms with Gasteiger partial charge in [0.15, 0.2) is 0 Å². The number of halogens is 2. The lowest BCUT2D eigenvalue weighted by Crippen LogP contribution is -2.23. The summed E-state index contributed by atoms with van der Waals surface area (Å²) in [6.07, 6.45) is 0. The number of carbonyl (C=O) groups is 1. The van der Waals surface area contributed by atoms with E-state index in [9.17, 15) is 9.18 Å². The molecular weight excluding hydrogens is 323 g/mol. The quantitative estimate of drug-likeness (QED) is 0.844. The largest absolute Gasteiger partial charge is 0.399 e. The van der Waals surface area contributed by atoms with Crippen LogP contribution in [0.2, 0.25) is 0 Å². The van der Waals surface area contributed by atoms with Gasteiger partial charge in [-0.3, -0.25) is 4.79 Å². The molecule has 0 bridgehead atoms. The minimum Gasteiger partial charge on any atom is -0.399 e. The van der Waals surface area contributed by atoms with Crippen LogP contribution < -0.4 is 11.1 Å². The van der Waals surface area contributed by atoms with Crippen molar-refractivity contribution >= 4 is 27.5 Å². The maximum Gasteiger partial charge on any atom is 0.252 e. The van der Waals surface area contributed by atoms with Crippen molar-refractivity contribution < 1.29 is 9.18 Å². The van der Waals surface area contributed by atoms with Crippen molar-refractivity contribution in [1.82, 2.24) is 5.32 Å². The summed E-state index contributed by atoms with van der Waals surface area (Å²) in [6, 6.07) is 9.54. The van der Waals surface area contributed by atoms with Crippen LogP contribution >= 0.6 is 15.9 Å². The molecule has 0 atom stereocenters. The number of hydrogen-bond donors (Lipinski definition) is 2. The van der Waals surface area contributed by atoms with E-state index in [1.807, 2.05) is 25.1 Å². The first-order valence-electron chi connectivity index (χ1n) is 6.06. The predicted molar refractivity (Wildman–Crippen MR) is 80.9 cm³/mol. The summed E-state index contributed by atoms with van der Waals surface area (Å²) in [5, 5.41) is 2.80. The highest BCUT2D eigenvalue weighted by atomic mass is 79.9. The number of nitrogens with two attached hydrogens (primary N) is 1. The van der Waals surface area contributed by atoms with E-state index in [4.69, 9.17) is 5.73 Å². The minimum absolute atomic E-state index is 0.265. The predicted octanol–water partition coefficient (Wildman–Crippen LogP) is 3.41. The lowest BCUT2D eigenvalue weighted by molar-refractivity contribution is 0.0950. The van der Waals surface area contributed by atoms with Crippen LogP contribution in [0, 0.1) is 12.7 Å².